The highest BCUT2D eigenvalue weighted by atomic mass is 35.5. The van der Waals surface area contributed by atoms with E-state index in [0.717, 1.165) is 21.8 Å². The number of alkyl halides is 3. The molecule has 196 valence electrons. The van der Waals surface area contributed by atoms with Crippen LogP contribution in [0.1, 0.15) is 5.56 Å². The van der Waals surface area contributed by atoms with Gasteiger partial charge in [0, 0.05) is 5.56 Å². The van der Waals surface area contributed by atoms with Crippen molar-refractivity contribution < 1.29 is 21.6 Å². The Balaban J connectivity index is 1.38. The molecule has 38 heavy (non-hydrogen) atoms. The molecule has 8 nitrogen and oxygen atoms in total. The molecule has 0 aliphatic rings. The molecule has 0 aliphatic heterocycles. The molecule has 0 radical (unpaired) electrons. The van der Waals surface area contributed by atoms with Gasteiger partial charge < -0.3 is 0 Å². The number of hydrogen-bond acceptors (Lipinski definition) is 8. The van der Waals surface area contributed by atoms with Crippen molar-refractivity contribution in [2.45, 2.75) is 20.3 Å². The Morgan fingerprint density at radius 1 is 0.974 bits per heavy atom. The Morgan fingerprint density at radius 3 is 2.34 bits per heavy atom. The molecule has 0 saturated heterocycles. The van der Waals surface area contributed by atoms with Crippen LogP contribution in [-0.2, 0) is 16.2 Å². The van der Waals surface area contributed by atoms with Gasteiger partial charge in [-0.15, -0.1) is 21.5 Å². The molecule has 2 heterocycles. The number of benzene rings is 3. The van der Waals surface area contributed by atoms with Gasteiger partial charge in [-0.1, -0.05) is 46.6 Å². The number of nitrogens with zero attached hydrogens (tertiary/aromatic N) is 4. The first-order chi connectivity index (χ1) is 17.9. The Hall–Kier alpha value is -2.62. The average Bonchev–Trinajstić information content (AvgIpc) is 3.49. The number of rotatable bonds is 6. The zero-order valence-corrected chi connectivity index (χ0v) is 22.9. The first kappa shape index (κ1) is 27.0. The van der Waals surface area contributed by atoms with E-state index in [1.807, 2.05) is 18.2 Å². The molecule has 2 N–H and O–H groups in total. The number of halogens is 6. The number of aromatic amines is 1. The maximum absolute atomic E-state index is 12.9. The first-order valence-electron chi connectivity index (χ1n) is 10.1. The van der Waals surface area contributed by atoms with Crippen LogP contribution in [0.15, 0.2) is 62.7 Å². The van der Waals surface area contributed by atoms with Crippen LogP contribution in [0.3, 0.4) is 0 Å². The van der Waals surface area contributed by atoms with Crippen LogP contribution >= 0.6 is 57.9 Å². The standard InChI is InChI=1S/C21H10Cl3F3N6O2S3/c22-12-6-10(21(25,26)27)2-4-17(12)38(34,35)31-11-7-13(23)18(14(24)8-11)37-20-28-15-3-1-9(5-16(15)36-20)19-29-32-33-30-19/h1-8,31H,(H,29,30,32,33). The smallest absolute Gasteiger partial charge is 0.279 e. The molecule has 0 amide bonds. The zero-order chi connectivity index (χ0) is 27.2. The van der Waals surface area contributed by atoms with E-state index in [1.165, 1.54) is 35.2 Å². The minimum Gasteiger partial charge on any atom is -0.279 e. The summed E-state index contributed by atoms with van der Waals surface area (Å²) in [5.74, 6) is 0.441. The van der Waals surface area contributed by atoms with Crippen molar-refractivity contribution in [2.24, 2.45) is 0 Å². The van der Waals surface area contributed by atoms with Gasteiger partial charge in [-0.25, -0.2) is 13.4 Å². The van der Waals surface area contributed by atoms with Gasteiger partial charge in [-0.3, -0.25) is 4.72 Å². The third kappa shape index (κ3) is 5.55. The van der Waals surface area contributed by atoms with Gasteiger partial charge in [0.2, 0.25) is 5.82 Å². The van der Waals surface area contributed by atoms with Gasteiger partial charge in [-0.05, 0) is 53.7 Å². The van der Waals surface area contributed by atoms with Crippen molar-refractivity contribution in [3.8, 4) is 11.4 Å². The van der Waals surface area contributed by atoms with Crippen molar-refractivity contribution in [3.05, 3.63) is 69.2 Å². The largest absolute Gasteiger partial charge is 0.416 e. The molecule has 5 rings (SSSR count). The molecule has 0 bridgehead atoms. The predicted octanol–water partition coefficient (Wildman–Crippen LogP) is 7.41. The van der Waals surface area contributed by atoms with E-state index in [0.29, 0.717) is 27.2 Å². The van der Waals surface area contributed by atoms with E-state index < -0.39 is 31.7 Å². The summed E-state index contributed by atoms with van der Waals surface area (Å²) in [6, 6.07) is 10.1. The van der Waals surface area contributed by atoms with E-state index in [2.05, 4.69) is 30.3 Å². The lowest BCUT2D eigenvalue weighted by Gasteiger charge is -2.13. The lowest BCUT2D eigenvalue weighted by atomic mass is 10.2. The molecule has 3 aromatic carbocycles. The molecule has 5 aromatic rings. The van der Waals surface area contributed by atoms with E-state index in [4.69, 9.17) is 34.8 Å². The molecule has 0 saturated carbocycles. The van der Waals surface area contributed by atoms with Gasteiger partial charge in [0.1, 0.15) is 4.90 Å². The third-order valence-electron chi connectivity index (χ3n) is 4.96. The Bertz CT molecular complexity index is 1760. The van der Waals surface area contributed by atoms with Crippen LogP contribution in [0.4, 0.5) is 18.9 Å². The minimum absolute atomic E-state index is 0.00521. The summed E-state index contributed by atoms with van der Waals surface area (Å²) in [5.41, 5.74) is 0.409. The normalized spacial score (nSPS) is 12.3. The SMILES string of the molecule is O=S(=O)(Nc1cc(Cl)c(Sc2nc3ccc(-c4nn[nH]n4)cc3s2)c(Cl)c1)c1ccc(C(F)(F)F)cc1Cl. The average molecular weight is 638 g/mol. The summed E-state index contributed by atoms with van der Waals surface area (Å²) in [6.07, 6.45) is -4.67. The van der Waals surface area contributed by atoms with Crippen LogP contribution in [0.2, 0.25) is 15.1 Å². The summed E-state index contributed by atoms with van der Waals surface area (Å²) < 4.78 is 68.0. The molecule has 0 atom stereocenters. The van der Waals surface area contributed by atoms with E-state index in [-0.39, 0.29) is 15.7 Å². The second kappa shape index (κ2) is 10.2. The summed E-state index contributed by atoms with van der Waals surface area (Å²) >= 11 is 21.2. The van der Waals surface area contributed by atoms with Gasteiger partial charge >= 0.3 is 6.18 Å². The van der Waals surface area contributed by atoms with Gasteiger partial charge in [0.05, 0.1) is 41.4 Å². The Morgan fingerprint density at radius 2 is 1.71 bits per heavy atom. The fraction of sp³-hybridized carbons (Fsp3) is 0.0476. The van der Waals surface area contributed by atoms with Crippen molar-refractivity contribution in [3.63, 3.8) is 0 Å². The summed E-state index contributed by atoms with van der Waals surface area (Å²) in [5, 5.41) is 13.5. The van der Waals surface area contributed by atoms with Crippen LogP contribution in [0.25, 0.3) is 21.6 Å². The summed E-state index contributed by atoms with van der Waals surface area (Å²) in [7, 11) is -4.35. The van der Waals surface area contributed by atoms with Crippen molar-refractivity contribution in [2.75, 3.05) is 4.72 Å². The lowest BCUT2D eigenvalue weighted by Crippen LogP contribution is -2.14. The fourth-order valence-electron chi connectivity index (χ4n) is 3.28. The number of hydrogen-bond donors (Lipinski definition) is 2. The fourth-order valence-corrected chi connectivity index (χ4v) is 7.64. The highest BCUT2D eigenvalue weighted by Crippen LogP contribution is 2.43. The van der Waals surface area contributed by atoms with Crippen LogP contribution < -0.4 is 4.72 Å². The highest BCUT2D eigenvalue weighted by molar-refractivity contribution is 8.01. The van der Waals surface area contributed by atoms with E-state index in [1.54, 1.807) is 0 Å². The number of tetrazole rings is 1. The number of thiazole rings is 1. The first-order valence-corrected chi connectivity index (χ1v) is 14.4. The van der Waals surface area contributed by atoms with Crippen molar-refractivity contribution >= 4 is 83.8 Å². The van der Waals surface area contributed by atoms with Gasteiger partial charge in [0.15, 0.2) is 4.34 Å². The number of nitrogens with one attached hydrogen (secondary N) is 2. The molecular formula is C21H10Cl3F3N6O2S3. The van der Waals surface area contributed by atoms with E-state index >= 15 is 0 Å². The number of aromatic nitrogens is 5. The number of H-pyrrole nitrogens is 1. The molecule has 17 heteroatoms. The Labute approximate surface area is 235 Å². The lowest BCUT2D eigenvalue weighted by molar-refractivity contribution is -0.137. The molecule has 0 spiro atoms. The monoisotopic (exact) mass is 636 g/mol. The Kier molecular flexibility index (Phi) is 7.22. The van der Waals surface area contributed by atoms with Gasteiger partial charge in [0.25, 0.3) is 10.0 Å². The molecule has 2 aromatic heterocycles. The van der Waals surface area contributed by atoms with Crippen molar-refractivity contribution in [1.82, 2.24) is 25.6 Å². The van der Waals surface area contributed by atoms with E-state index in [9.17, 15) is 21.6 Å². The molecule has 0 aliphatic carbocycles. The van der Waals surface area contributed by atoms with Crippen LogP contribution in [0.5, 0.6) is 0 Å². The number of sulfonamides is 1. The quantitative estimate of drug-likeness (QED) is 0.199. The topological polar surface area (TPSA) is 114 Å². The predicted molar refractivity (Wildman–Crippen MR) is 141 cm³/mol. The van der Waals surface area contributed by atoms with Gasteiger partial charge in [-0.2, -0.15) is 18.4 Å². The summed E-state index contributed by atoms with van der Waals surface area (Å²) in [4.78, 5) is 4.46. The number of fused-ring (bicyclic) bond motifs is 1. The third-order valence-corrected chi connectivity index (χ3v) is 9.87. The van der Waals surface area contributed by atoms with Crippen LogP contribution in [0, 0.1) is 0 Å². The minimum atomic E-state index is -4.67. The highest BCUT2D eigenvalue weighted by Gasteiger charge is 2.32. The van der Waals surface area contributed by atoms with Crippen LogP contribution in [-0.4, -0.2) is 34.0 Å². The maximum Gasteiger partial charge on any atom is 0.416 e. The number of anilines is 1. The molecule has 0 unspecified atom stereocenters. The maximum atomic E-state index is 12.9. The second-order valence-electron chi connectivity index (χ2n) is 7.52. The second-order valence-corrected chi connectivity index (χ2v) is 12.7. The summed E-state index contributed by atoms with van der Waals surface area (Å²) in [6.45, 7) is 0. The van der Waals surface area contributed by atoms with Crippen molar-refractivity contribution in [1.29, 1.82) is 0 Å². The zero-order valence-electron chi connectivity index (χ0n) is 18.2. The molecular weight excluding hydrogens is 628 g/mol. The molecule has 0 fully saturated rings.